The van der Waals surface area contributed by atoms with Crippen LogP contribution < -0.4 is 0 Å². The summed E-state index contributed by atoms with van der Waals surface area (Å²) in [6.45, 7) is 3.41. The number of carbonyl (C=O) groups is 1. The molecule has 1 nitrogen and oxygen atoms in total. The van der Waals surface area contributed by atoms with E-state index in [9.17, 15) is 4.79 Å². The van der Waals surface area contributed by atoms with E-state index < -0.39 is 10.1 Å². The van der Waals surface area contributed by atoms with Crippen LogP contribution in [0.15, 0.2) is 0 Å². The Bertz CT molecular complexity index is 98.6. The Labute approximate surface area is 59.0 Å². The van der Waals surface area contributed by atoms with Crippen molar-refractivity contribution in [2.45, 2.75) is 25.1 Å². The van der Waals surface area contributed by atoms with Crippen LogP contribution in [0.1, 0.15) is 20.3 Å². The second-order valence-corrected chi connectivity index (χ2v) is 3.00. The SMILES string of the molecule is CCC(C)(Cl)C(=O)Cl. The molecule has 0 N–H and O–H groups in total. The average molecular weight is 155 g/mol. The first kappa shape index (κ1) is 8.25. The van der Waals surface area contributed by atoms with Gasteiger partial charge in [-0.3, -0.25) is 4.79 Å². The number of hydrogen-bond acceptors (Lipinski definition) is 1. The van der Waals surface area contributed by atoms with Gasteiger partial charge in [0.05, 0.1) is 0 Å². The van der Waals surface area contributed by atoms with Crippen LogP contribution in [0, 0.1) is 0 Å². The third-order valence-corrected chi connectivity index (χ3v) is 2.03. The van der Waals surface area contributed by atoms with E-state index in [2.05, 4.69) is 0 Å². The van der Waals surface area contributed by atoms with E-state index in [1.54, 1.807) is 6.92 Å². The van der Waals surface area contributed by atoms with Crippen molar-refractivity contribution in [1.29, 1.82) is 0 Å². The smallest absolute Gasteiger partial charge is 0.242 e. The van der Waals surface area contributed by atoms with Crippen molar-refractivity contribution >= 4 is 28.4 Å². The first-order valence-electron chi connectivity index (χ1n) is 2.39. The summed E-state index contributed by atoms with van der Waals surface area (Å²) in [6.07, 6.45) is 0.566. The number of hydrogen-bond donors (Lipinski definition) is 0. The highest BCUT2D eigenvalue weighted by molar-refractivity contribution is 6.70. The zero-order valence-corrected chi connectivity index (χ0v) is 6.38. The molecule has 3 heteroatoms. The molecule has 0 aliphatic carbocycles. The summed E-state index contributed by atoms with van der Waals surface area (Å²) < 4.78 is 0. The van der Waals surface area contributed by atoms with E-state index in [0.29, 0.717) is 6.42 Å². The quantitative estimate of drug-likeness (QED) is 0.441. The van der Waals surface area contributed by atoms with Gasteiger partial charge in [-0.1, -0.05) is 6.92 Å². The number of alkyl halides is 1. The molecular formula is C5H8Cl2O. The van der Waals surface area contributed by atoms with Gasteiger partial charge >= 0.3 is 0 Å². The summed E-state index contributed by atoms with van der Waals surface area (Å²) in [6, 6.07) is 0. The number of rotatable bonds is 2. The van der Waals surface area contributed by atoms with E-state index >= 15 is 0 Å². The lowest BCUT2D eigenvalue weighted by Gasteiger charge is -2.11. The molecule has 0 amide bonds. The summed E-state index contributed by atoms with van der Waals surface area (Å²) in [5.41, 5.74) is 0. The highest BCUT2D eigenvalue weighted by Gasteiger charge is 2.25. The number of carbonyl (C=O) groups excluding carboxylic acids is 1. The molecule has 0 aliphatic rings. The Kier molecular flexibility index (Phi) is 2.78. The monoisotopic (exact) mass is 154 g/mol. The molecule has 0 rings (SSSR count). The summed E-state index contributed by atoms with van der Waals surface area (Å²) in [7, 11) is 0. The summed E-state index contributed by atoms with van der Waals surface area (Å²) in [5.74, 6) is 0. The molecule has 0 spiro atoms. The summed E-state index contributed by atoms with van der Waals surface area (Å²) >= 11 is 10.7. The first-order chi connectivity index (χ1) is 3.50. The predicted octanol–water partition coefficient (Wildman–Crippen LogP) is 2.16. The molecule has 0 radical (unpaired) electrons. The van der Waals surface area contributed by atoms with Gasteiger partial charge in [0, 0.05) is 0 Å². The van der Waals surface area contributed by atoms with Crippen LogP contribution in [0.25, 0.3) is 0 Å². The molecule has 0 fully saturated rings. The molecule has 48 valence electrons. The van der Waals surface area contributed by atoms with Gasteiger partial charge < -0.3 is 0 Å². The van der Waals surface area contributed by atoms with E-state index in [1.807, 2.05) is 6.92 Å². The van der Waals surface area contributed by atoms with Crippen LogP contribution in [0.3, 0.4) is 0 Å². The van der Waals surface area contributed by atoms with Gasteiger partial charge in [-0.05, 0) is 24.9 Å². The molecule has 0 heterocycles. The Morgan fingerprint density at radius 1 is 1.75 bits per heavy atom. The van der Waals surface area contributed by atoms with Crippen LogP contribution in [-0.2, 0) is 4.79 Å². The van der Waals surface area contributed by atoms with Gasteiger partial charge in [0.15, 0.2) is 0 Å². The minimum Gasteiger partial charge on any atom is -0.279 e. The Morgan fingerprint density at radius 2 is 2.12 bits per heavy atom. The second-order valence-electron chi connectivity index (χ2n) is 1.82. The fourth-order valence-electron chi connectivity index (χ4n) is 0.139. The van der Waals surface area contributed by atoms with Gasteiger partial charge in [-0.2, -0.15) is 0 Å². The third kappa shape index (κ3) is 2.01. The topological polar surface area (TPSA) is 17.1 Å². The molecule has 0 saturated carbocycles. The lowest BCUT2D eigenvalue weighted by molar-refractivity contribution is -0.113. The van der Waals surface area contributed by atoms with Crippen molar-refractivity contribution in [1.82, 2.24) is 0 Å². The van der Waals surface area contributed by atoms with E-state index in [1.165, 1.54) is 0 Å². The molecule has 8 heavy (non-hydrogen) atoms. The van der Waals surface area contributed by atoms with Crippen molar-refractivity contribution < 1.29 is 4.79 Å². The van der Waals surface area contributed by atoms with E-state index in [-0.39, 0.29) is 0 Å². The lowest BCUT2D eigenvalue weighted by atomic mass is 10.1. The molecule has 1 unspecified atom stereocenters. The maximum atomic E-state index is 10.3. The van der Waals surface area contributed by atoms with Crippen molar-refractivity contribution in [3.8, 4) is 0 Å². The van der Waals surface area contributed by atoms with E-state index in [0.717, 1.165) is 0 Å². The van der Waals surface area contributed by atoms with Crippen molar-refractivity contribution in [2.75, 3.05) is 0 Å². The van der Waals surface area contributed by atoms with Gasteiger partial charge in [-0.15, -0.1) is 11.6 Å². The highest BCUT2D eigenvalue weighted by atomic mass is 35.5. The third-order valence-electron chi connectivity index (χ3n) is 1.07. The first-order valence-corrected chi connectivity index (χ1v) is 3.15. The van der Waals surface area contributed by atoms with Crippen molar-refractivity contribution in [2.24, 2.45) is 0 Å². The zero-order chi connectivity index (χ0) is 6.78. The second kappa shape index (κ2) is 2.70. The molecule has 0 aliphatic heterocycles. The summed E-state index contributed by atoms with van der Waals surface area (Å²) in [5, 5.41) is -0.485. The van der Waals surface area contributed by atoms with Gasteiger partial charge in [-0.25, -0.2) is 0 Å². The standard InChI is InChI=1S/C5H8Cl2O/c1-3-5(2,7)4(6)8/h3H2,1-2H3. The van der Waals surface area contributed by atoms with Crippen LogP contribution in [0.2, 0.25) is 0 Å². The molecule has 0 aromatic rings. The van der Waals surface area contributed by atoms with Crippen molar-refractivity contribution in [3.05, 3.63) is 0 Å². The Hall–Kier alpha value is 0.250. The van der Waals surface area contributed by atoms with Gasteiger partial charge in [0.25, 0.3) is 0 Å². The number of halogens is 2. The minimum atomic E-state index is -0.860. The molecule has 0 saturated heterocycles. The Morgan fingerprint density at radius 3 is 2.12 bits per heavy atom. The molecule has 0 bridgehead atoms. The predicted molar refractivity (Wildman–Crippen MR) is 35.4 cm³/mol. The summed E-state index contributed by atoms with van der Waals surface area (Å²) in [4.78, 5) is 9.47. The van der Waals surface area contributed by atoms with Crippen LogP contribution in [0.5, 0.6) is 0 Å². The van der Waals surface area contributed by atoms with Crippen LogP contribution in [0.4, 0.5) is 0 Å². The average Bonchev–Trinajstić information content (AvgIpc) is 1.67. The van der Waals surface area contributed by atoms with Gasteiger partial charge in [0.2, 0.25) is 5.24 Å². The van der Waals surface area contributed by atoms with E-state index in [4.69, 9.17) is 23.2 Å². The molecule has 1 atom stereocenters. The highest BCUT2D eigenvalue weighted by Crippen LogP contribution is 2.21. The maximum absolute atomic E-state index is 10.3. The normalized spacial score (nSPS) is 17.5. The van der Waals surface area contributed by atoms with Crippen molar-refractivity contribution in [3.63, 3.8) is 0 Å². The fourth-order valence-corrected chi connectivity index (χ4v) is 0.273. The zero-order valence-electron chi connectivity index (χ0n) is 4.87. The lowest BCUT2D eigenvalue weighted by Crippen LogP contribution is -2.22. The van der Waals surface area contributed by atoms with Gasteiger partial charge in [0.1, 0.15) is 4.87 Å². The molecular weight excluding hydrogens is 147 g/mol. The largest absolute Gasteiger partial charge is 0.279 e. The molecule has 0 aromatic heterocycles. The van der Waals surface area contributed by atoms with Crippen LogP contribution >= 0.6 is 23.2 Å². The maximum Gasteiger partial charge on any atom is 0.242 e. The molecule has 0 aromatic carbocycles. The fraction of sp³-hybridized carbons (Fsp3) is 0.800. The Balaban J connectivity index is 3.91. The minimum absolute atomic E-state index is 0.485. The van der Waals surface area contributed by atoms with Crippen LogP contribution in [-0.4, -0.2) is 10.1 Å².